The fourth-order valence-electron chi connectivity index (χ4n) is 2.79. The summed E-state index contributed by atoms with van der Waals surface area (Å²) < 4.78 is 0. The number of aryl methyl sites for hydroxylation is 1. The molecule has 0 aliphatic carbocycles. The molecule has 124 valence electrons. The van der Waals surface area contributed by atoms with Crippen LogP contribution in [0.25, 0.3) is 0 Å². The molecule has 2 aromatic carbocycles. The SMILES string of the molecule is CCNC(=O)c1ccc(C)c(NC(=O)c2ccc3c(c2)CNC3)c1. The smallest absolute Gasteiger partial charge is 0.255 e. The van der Waals surface area contributed by atoms with Crippen molar-refractivity contribution in [3.05, 3.63) is 64.2 Å². The third kappa shape index (κ3) is 3.31. The number of hydrogen-bond donors (Lipinski definition) is 3. The maximum absolute atomic E-state index is 12.5. The van der Waals surface area contributed by atoms with E-state index in [9.17, 15) is 9.59 Å². The molecular formula is C19H21N3O2. The molecule has 0 spiro atoms. The van der Waals surface area contributed by atoms with Gasteiger partial charge >= 0.3 is 0 Å². The molecule has 0 saturated carbocycles. The second-order valence-electron chi connectivity index (χ2n) is 5.93. The third-order valence-electron chi connectivity index (χ3n) is 4.18. The van der Waals surface area contributed by atoms with Crippen LogP contribution in [0.4, 0.5) is 5.69 Å². The van der Waals surface area contributed by atoms with E-state index in [1.165, 1.54) is 5.56 Å². The molecule has 0 unspecified atom stereocenters. The Morgan fingerprint density at radius 2 is 1.71 bits per heavy atom. The van der Waals surface area contributed by atoms with Crippen molar-refractivity contribution in [2.75, 3.05) is 11.9 Å². The first-order valence-corrected chi connectivity index (χ1v) is 8.11. The van der Waals surface area contributed by atoms with Gasteiger partial charge in [0, 0.05) is 36.4 Å². The Kier molecular flexibility index (Phi) is 4.62. The van der Waals surface area contributed by atoms with Crippen molar-refractivity contribution in [2.24, 2.45) is 0 Å². The second kappa shape index (κ2) is 6.84. The Bertz CT molecular complexity index is 799. The lowest BCUT2D eigenvalue weighted by molar-refractivity contribution is 0.0954. The first kappa shape index (κ1) is 16.2. The van der Waals surface area contributed by atoms with Crippen molar-refractivity contribution in [1.29, 1.82) is 0 Å². The largest absolute Gasteiger partial charge is 0.352 e. The van der Waals surface area contributed by atoms with Gasteiger partial charge in [-0.1, -0.05) is 12.1 Å². The lowest BCUT2D eigenvalue weighted by atomic mass is 10.1. The van der Waals surface area contributed by atoms with Gasteiger partial charge in [-0.05, 0) is 54.8 Å². The second-order valence-corrected chi connectivity index (χ2v) is 5.93. The van der Waals surface area contributed by atoms with Crippen LogP contribution in [0.5, 0.6) is 0 Å². The Labute approximate surface area is 141 Å². The number of fused-ring (bicyclic) bond motifs is 1. The van der Waals surface area contributed by atoms with Crippen molar-refractivity contribution in [3.63, 3.8) is 0 Å². The molecule has 2 aromatic rings. The van der Waals surface area contributed by atoms with Gasteiger partial charge in [0.05, 0.1) is 0 Å². The molecule has 24 heavy (non-hydrogen) atoms. The van der Waals surface area contributed by atoms with E-state index in [1.807, 2.05) is 38.1 Å². The van der Waals surface area contributed by atoms with Crippen molar-refractivity contribution >= 4 is 17.5 Å². The van der Waals surface area contributed by atoms with Crippen LogP contribution in [0.2, 0.25) is 0 Å². The van der Waals surface area contributed by atoms with E-state index in [4.69, 9.17) is 0 Å². The summed E-state index contributed by atoms with van der Waals surface area (Å²) in [6, 6.07) is 11.1. The van der Waals surface area contributed by atoms with Gasteiger partial charge < -0.3 is 16.0 Å². The highest BCUT2D eigenvalue weighted by Gasteiger charge is 2.15. The van der Waals surface area contributed by atoms with Crippen LogP contribution < -0.4 is 16.0 Å². The monoisotopic (exact) mass is 323 g/mol. The summed E-state index contributed by atoms with van der Waals surface area (Å²) in [7, 11) is 0. The van der Waals surface area contributed by atoms with Gasteiger partial charge in [-0.3, -0.25) is 9.59 Å². The van der Waals surface area contributed by atoms with Gasteiger partial charge in [-0.2, -0.15) is 0 Å². The normalized spacial score (nSPS) is 12.6. The summed E-state index contributed by atoms with van der Waals surface area (Å²) in [5.41, 5.74) is 5.13. The van der Waals surface area contributed by atoms with E-state index in [2.05, 4.69) is 16.0 Å². The number of rotatable bonds is 4. The maximum atomic E-state index is 12.5. The predicted molar refractivity (Wildman–Crippen MR) is 94.1 cm³/mol. The maximum Gasteiger partial charge on any atom is 0.255 e. The molecule has 1 heterocycles. The molecule has 1 aliphatic heterocycles. The minimum absolute atomic E-state index is 0.142. The van der Waals surface area contributed by atoms with Crippen molar-refractivity contribution in [3.8, 4) is 0 Å². The quantitative estimate of drug-likeness (QED) is 0.810. The highest BCUT2D eigenvalue weighted by Crippen LogP contribution is 2.20. The molecule has 0 saturated heterocycles. The average molecular weight is 323 g/mol. The van der Waals surface area contributed by atoms with Crippen LogP contribution in [0.1, 0.15) is 44.3 Å². The first-order chi connectivity index (χ1) is 11.6. The molecule has 5 heteroatoms. The molecular weight excluding hydrogens is 302 g/mol. The number of amides is 2. The van der Waals surface area contributed by atoms with Gasteiger partial charge in [0.1, 0.15) is 0 Å². The topological polar surface area (TPSA) is 70.2 Å². The van der Waals surface area contributed by atoms with Gasteiger partial charge in [-0.25, -0.2) is 0 Å². The Morgan fingerprint density at radius 1 is 1.00 bits per heavy atom. The zero-order valence-corrected chi connectivity index (χ0v) is 13.9. The van der Waals surface area contributed by atoms with Crippen molar-refractivity contribution in [2.45, 2.75) is 26.9 Å². The number of carbonyl (C=O) groups is 2. The molecule has 0 fully saturated rings. The molecule has 0 bridgehead atoms. The fraction of sp³-hybridized carbons (Fsp3) is 0.263. The highest BCUT2D eigenvalue weighted by molar-refractivity contribution is 6.05. The van der Waals surface area contributed by atoms with E-state index >= 15 is 0 Å². The Balaban J connectivity index is 1.81. The zero-order chi connectivity index (χ0) is 17.1. The number of anilines is 1. The standard InChI is InChI=1S/C19H21N3O2/c1-3-21-18(23)14-5-4-12(2)17(9-14)22-19(24)13-6-7-15-10-20-11-16(15)8-13/h4-9,20H,3,10-11H2,1-2H3,(H,21,23)(H,22,24). The molecule has 0 radical (unpaired) electrons. The van der Waals surface area contributed by atoms with E-state index in [0.29, 0.717) is 23.4 Å². The van der Waals surface area contributed by atoms with Crippen LogP contribution >= 0.6 is 0 Å². The van der Waals surface area contributed by atoms with E-state index in [1.54, 1.807) is 12.1 Å². The van der Waals surface area contributed by atoms with Crippen molar-refractivity contribution < 1.29 is 9.59 Å². The van der Waals surface area contributed by atoms with Crippen molar-refractivity contribution in [1.82, 2.24) is 10.6 Å². The summed E-state index contributed by atoms with van der Waals surface area (Å²) in [4.78, 5) is 24.5. The van der Waals surface area contributed by atoms with Crippen LogP contribution in [0, 0.1) is 6.92 Å². The predicted octanol–water partition coefficient (Wildman–Crippen LogP) is 2.60. The highest BCUT2D eigenvalue weighted by atomic mass is 16.2. The van der Waals surface area contributed by atoms with E-state index in [-0.39, 0.29) is 11.8 Å². The molecule has 3 rings (SSSR count). The van der Waals surface area contributed by atoms with Crippen LogP contribution in [0.15, 0.2) is 36.4 Å². The van der Waals surface area contributed by atoms with Crippen LogP contribution in [-0.2, 0) is 13.1 Å². The Morgan fingerprint density at radius 3 is 2.50 bits per heavy atom. The summed E-state index contributed by atoms with van der Waals surface area (Å²) in [5, 5.41) is 8.95. The number of nitrogens with one attached hydrogen (secondary N) is 3. The lowest BCUT2D eigenvalue weighted by Gasteiger charge is -2.11. The molecule has 1 aliphatic rings. The van der Waals surface area contributed by atoms with E-state index < -0.39 is 0 Å². The van der Waals surface area contributed by atoms with E-state index in [0.717, 1.165) is 24.2 Å². The molecule has 0 aromatic heterocycles. The zero-order valence-electron chi connectivity index (χ0n) is 13.9. The summed E-state index contributed by atoms with van der Waals surface area (Å²) in [6.45, 7) is 5.99. The molecule has 2 amide bonds. The lowest BCUT2D eigenvalue weighted by Crippen LogP contribution is -2.23. The summed E-state index contributed by atoms with van der Waals surface area (Å²) in [6.07, 6.45) is 0. The van der Waals surface area contributed by atoms with Gasteiger partial charge in [0.25, 0.3) is 11.8 Å². The fourth-order valence-corrected chi connectivity index (χ4v) is 2.79. The van der Waals surface area contributed by atoms with Gasteiger partial charge in [0.2, 0.25) is 0 Å². The number of hydrogen-bond acceptors (Lipinski definition) is 3. The van der Waals surface area contributed by atoms with Gasteiger partial charge in [-0.15, -0.1) is 0 Å². The Hall–Kier alpha value is -2.66. The van der Waals surface area contributed by atoms with Crippen LogP contribution in [-0.4, -0.2) is 18.4 Å². The first-order valence-electron chi connectivity index (χ1n) is 8.11. The minimum Gasteiger partial charge on any atom is -0.352 e. The molecule has 5 nitrogen and oxygen atoms in total. The average Bonchev–Trinajstić information content (AvgIpc) is 3.04. The number of carbonyl (C=O) groups excluding carboxylic acids is 2. The third-order valence-corrected chi connectivity index (χ3v) is 4.18. The number of benzene rings is 2. The van der Waals surface area contributed by atoms with Crippen LogP contribution in [0.3, 0.4) is 0 Å². The summed E-state index contributed by atoms with van der Waals surface area (Å²) in [5.74, 6) is -0.308. The molecule has 3 N–H and O–H groups in total. The summed E-state index contributed by atoms with van der Waals surface area (Å²) >= 11 is 0. The minimum atomic E-state index is -0.166. The van der Waals surface area contributed by atoms with Gasteiger partial charge in [0.15, 0.2) is 0 Å². The molecule has 0 atom stereocenters.